The molecule has 3 N–H and O–H groups in total. The van der Waals surface area contributed by atoms with Crippen molar-refractivity contribution in [1.82, 2.24) is 4.31 Å². The zero-order valence-electron chi connectivity index (χ0n) is 8.76. The summed E-state index contributed by atoms with van der Waals surface area (Å²) in [5.41, 5.74) is 5.26. The highest BCUT2D eigenvalue weighted by Crippen LogP contribution is 2.30. The van der Waals surface area contributed by atoms with Crippen LogP contribution >= 0.6 is 0 Å². The molecule has 7 heteroatoms. The van der Waals surface area contributed by atoms with Gasteiger partial charge in [-0.05, 0) is 18.8 Å². The number of oxime groups is 1. The normalized spacial score (nSPS) is 18.4. The van der Waals surface area contributed by atoms with E-state index in [0.29, 0.717) is 5.92 Å². The molecule has 1 saturated carbocycles. The van der Waals surface area contributed by atoms with Crippen LogP contribution in [-0.2, 0) is 10.0 Å². The fourth-order valence-electron chi connectivity index (χ4n) is 1.17. The lowest BCUT2D eigenvalue weighted by Crippen LogP contribution is -2.32. The summed E-state index contributed by atoms with van der Waals surface area (Å²) in [5.74, 6) is 0.601. The molecule has 88 valence electrons. The minimum atomic E-state index is -3.16. The largest absolute Gasteiger partial charge is 0.409 e. The number of hydrogen-bond donors (Lipinski definition) is 2. The van der Waals surface area contributed by atoms with E-state index in [1.807, 2.05) is 0 Å². The zero-order chi connectivity index (χ0) is 11.5. The maximum Gasteiger partial charge on any atom is 0.214 e. The van der Waals surface area contributed by atoms with E-state index >= 15 is 0 Å². The highest BCUT2D eigenvalue weighted by Gasteiger charge is 2.30. The van der Waals surface area contributed by atoms with E-state index in [-0.39, 0.29) is 24.6 Å². The molecule has 0 radical (unpaired) electrons. The van der Waals surface area contributed by atoms with Crippen molar-refractivity contribution >= 4 is 15.9 Å². The fraction of sp³-hybridized carbons (Fsp3) is 0.875. The molecular formula is C8H17N3O3S. The first-order valence-electron chi connectivity index (χ1n) is 4.86. The van der Waals surface area contributed by atoms with Crippen LogP contribution < -0.4 is 5.73 Å². The average molecular weight is 235 g/mol. The van der Waals surface area contributed by atoms with Gasteiger partial charge in [-0.3, -0.25) is 0 Å². The predicted octanol–water partition coefficient (Wildman–Crippen LogP) is -0.205. The molecule has 0 atom stereocenters. The van der Waals surface area contributed by atoms with Gasteiger partial charge in [0.05, 0.1) is 5.75 Å². The molecule has 0 unspecified atom stereocenters. The lowest BCUT2D eigenvalue weighted by molar-refractivity contribution is 0.316. The van der Waals surface area contributed by atoms with Gasteiger partial charge in [0.1, 0.15) is 5.84 Å². The first kappa shape index (κ1) is 12.3. The summed E-state index contributed by atoms with van der Waals surface area (Å²) in [5, 5.41) is 11.1. The maximum absolute atomic E-state index is 11.7. The van der Waals surface area contributed by atoms with E-state index in [1.54, 1.807) is 0 Å². The average Bonchev–Trinajstić information content (AvgIpc) is 2.96. The van der Waals surface area contributed by atoms with Gasteiger partial charge >= 0.3 is 0 Å². The lowest BCUT2D eigenvalue weighted by Gasteiger charge is -2.16. The molecule has 0 aromatic heterocycles. The van der Waals surface area contributed by atoms with Crippen molar-refractivity contribution in [3.63, 3.8) is 0 Å². The van der Waals surface area contributed by atoms with E-state index in [4.69, 9.17) is 10.9 Å². The molecule has 6 nitrogen and oxygen atoms in total. The molecule has 1 rings (SSSR count). The van der Waals surface area contributed by atoms with Crippen molar-refractivity contribution < 1.29 is 13.6 Å². The van der Waals surface area contributed by atoms with Crippen LogP contribution in [0.3, 0.4) is 0 Å². The van der Waals surface area contributed by atoms with Gasteiger partial charge in [0.2, 0.25) is 10.0 Å². The fourth-order valence-corrected chi connectivity index (χ4v) is 2.72. The molecule has 1 fully saturated rings. The van der Waals surface area contributed by atoms with E-state index in [0.717, 1.165) is 12.8 Å². The zero-order valence-corrected chi connectivity index (χ0v) is 9.57. The SMILES string of the molecule is CN(CCC(N)=NO)S(=O)(=O)CC1CC1. The van der Waals surface area contributed by atoms with Crippen LogP contribution in [0, 0.1) is 5.92 Å². The molecule has 1 aliphatic carbocycles. The summed E-state index contributed by atoms with van der Waals surface area (Å²) in [6.45, 7) is 0.255. The van der Waals surface area contributed by atoms with Gasteiger partial charge in [0.15, 0.2) is 0 Å². The lowest BCUT2D eigenvalue weighted by atomic mass is 10.4. The summed E-state index contributed by atoms with van der Waals surface area (Å²) in [6, 6.07) is 0. The van der Waals surface area contributed by atoms with Crippen molar-refractivity contribution in [2.45, 2.75) is 19.3 Å². The highest BCUT2D eigenvalue weighted by molar-refractivity contribution is 7.89. The van der Waals surface area contributed by atoms with Gasteiger partial charge in [0.25, 0.3) is 0 Å². The Balaban J connectivity index is 2.40. The van der Waals surface area contributed by atoms with Crippen molar-refractivity contribution in [2.24, 2.45) is 16.8 Å². The Morgan fingerprint density at radius 1 is 1.60 bits per heavy atom. The van der Waals surface area contributed by atoms with Crippen molar-refractivity contribution in [1.29, 1.82) is 0 Å². The van der Waals surface area contributed by atoms with Crippen LogP contribution in [0.15, 0.2) is 5.16 Å². The molecule has 0 saturated heterocycles. The first-order valence-corrected chi connectivity index (χ1v) is 6.47. The third-order valence-corrected chi connectivity index (χ3v) is 4.45. The molecule has 0 spiro atoms. The molecule has 0 aromatic rings. The molecule has 0 aliphatic heterocycles. The molecule has 0 bridgehead atoms. The van der Waals surface area contributed by atoms with E-state index < -0.39 is 10.0 Å². The van der Waals surface area contributed by atoms with Crippen LogP contribution in [0.5, 0.6) is 0 Å². The van der Waals surface area contributed by atoms with Crippen molar-refractivity contribution in [2.75, 3.05) is 19.3 Å². The Kier molecular flexibility index (Phi) is 3.92. The van der Waals surface area contributed by atoms with Crippen molar-refractivity contribution in [3.05, 3.63) is 0 Å². The first-order chi connectivity index (χ1) is 6.95. The summed E-state index contributed by atoms with van der Waals surface area (Å²) < 4.78 is 24.6. The van der Waals surface area contributed by atoms with E-state index in [9.17, 15) is 8.42 Å². The molecular weight excluding hydrogens is 218 g/mol. The predicted molar refractivity (Wildman–Crippen MR) is 57.2 cm³/mol. The third kappa shape index (κ3) is 4.05. The van der Waals surface area contributed by atoms with E-state index in [2.05, 4.69) is 5.16 Å². The second-order valence-corrected chi connectivity index (χ2v) is 6.01. The Bertz CT molecular complexity index is 335. The van der Waals surface area contributed by atoms with Crippen LogP contribution in [0.25, 0.3) is 0 Å². The van der Waals surface area contributed by atoms with Crippen LogP contribution in [-0.4, -0.2) is 43.1 Å². The van der Waals surface area contributed by atoms with Crippen LogP contribution in [0.1, 0.15) is 19.3 Å². The minimum absolute atomic E-state index is 0.0449. The number of rotatable bonds is 6. The third-order valence-electron chi connectivity index (χ3n) is 2.43. The number of nitrogens with zero attached hydrogens (tertiary/aromatic N) is 2. The molecule has 15 heavy (non-hydrogen) atoms. The Hall–Kier alpha value is -0.820. The number of nitrogens with two attached hydrogens (primary N) is 1. The Labute approximate surface area is 89.8 Å². The van der Waals surface area contributed by atoms with Gasteiger partial charge in [-0.25, -0.2) is 12.7 Å². The number of hydrogen-bond acceptors (Lipinski definition) is 4. The van der Waals surface area contributed by atoms with Gasteiger partial charge in [-0.1, -0.05) is 5.16 Å². The van der Waals surface area contributed by atoms with Gasteiger partial charge < -0.3 is 10.9 Å². The monoisotopic (exact) mass is 235 g/mol. The summed E-state index contributed by atoms with van der Waals surface area (Å²) >= 11 is 0. The van der Waals surface area contributed by atoms with Crippen LogP contribution in [0.4, 0.5) is 0 Å². The smallest absolute Gasteiger partial charge is 0.214 e. The minimum Gasteiger partial charge on any atom is -0.409 e. The molecule has 1 aliphatic rings. The van der Waals surface area contributed by atoms with Gasteiger partial charge in [-0.2, -0.15) is 0 Å². The molecule has 0 amide bonds. The molecule has 0 aromatic carbocycles. The van der Waals surface area contributed by atoms with Crippen molar-refractivity contribution in [3.8, 4) is 0 Å². The topological polar surface area (TPSA) is 96.0 Å². The molecule has 0 heterocycles. The Morgan fingerprint density at radius 2 is 2.20 bits per heavy atom. The second-order valence-electron chi connectivity index (χ2n) is 3.88. The Morgan fingerprint density at radius 3 is 2.67 bits per heavy atom. The van der Waals surface area contributed by atoms with Gasteiger partial charge in [0, 0.05) is 20.0 Å². The number of amidine groups is 1. The second kappa shape index (κ2) is 4.80. The summed E-state index contributed by atoms with van der Waals surface area (Å²) in [6.07, 6.45) is 2.26. The summed E-state index contributed by atoms with van der Waals surface area (Å²) in [4.78, 5) is 0. The summed E-state index contributed by atoms with van der Waals surface area (Å²) in [7, 11) is -1.64. The highest BCUT2D eigenvalue weighted by atomic mass is 32.2. The number of sulfonamides is 1. The van der Waals surface area contributed by atoms with Gasteiger partial charge in [-0.15, -0.1) is 0 Å². The quantitative estimate of drug-likeness (QED) is 0.288. The van der Waals surface area contributed by atoms with E-state index in [1.165, 1.54) is 11.4 Å². The maximum atomic E-state index is 11.7. The van der Waals surface area contributed by atoms with Crippen LogP contribution in [0.2, 0.25) is 0 Å². The standard InChI is InChI=1S/C8H17N3O3S/c1-11(5-4-8(9)10-12)15(13,14)6-7-2-3-7/h7,12H,2-6H2,1H3,(H2,9,10).